The van der Waals surface area contributed by atoms with Gasteiger partial charge in [-0.2, -0.15) is 0 Å². The van der Waals surface area contributed by atoms with Crippen LogP contribution in [0.5, 0.6) is 0 Å². The molecule has 0 saturated carbocycles. The van der Waals surface area contributed by atoms with Gasteiger partial charge in [-0.15, -0.1) is 0 Å². The molecule has 0 bridgehead atoms. The molecule has 0 spiro atoms. The average molecular weight is 436 g/mol. The van der Waals surface area contributed by atoms with Crippen LogP contribution in [-0.4, -0.2) is 59.1 Å². The first-order valence-corrected chi connectivity index (χ1v) is 9.67. The molecule has 0 aromatic heterocycles. The molecular weight excluding hydrogens is 403 g/mol. The molecule has 0 aliphatic carbocycles. The molecule has 1 aliphatic rings. The maximum absolute atomic E-state index is 11.5. The number of halogens is 1. The van der Waals surface area contributed by atoms with Crippen molar-refractivity contribution in [3.63, 3.8) is 0 Å². The third-order valence-corrected chi connectivity index (χ3v) is 6.36. The number of carbonyl (C=O) groups excluding carboxylic acids is 1. The van der Waals surface area contributed by atoms with Crippen molar-refractivity contribution in [3.05, 3.63) is 12.2 Å². The first-order valence-electron chi connectivity index (χ1n) is 8.60. The Morgan fingerprint density at radius 1 is 1.22 bits per heavy atom. The Kier molecular flexibility index (Phi) is 8.01. The molecule has 2 atom stereocenters. The van der Waals surface area contributed by atoms with Crippen molar-refractivity contribution in [2.24, 2.45) is 5.41 Å². The molecule has 0 aromatic rings. The van der Waals surface area contributed by atoms with Crippen LogP contribution in [0.3, 0.4) is 0 Å². The maximum atomic E-state index is 11.5. The van der Waals surface area contributed by atoms with Crippen molar-refractivity contribution in [3.8, 4) is 0 Å². The molecule has 0 aromatic carbocycles. The fraction of sp³-hybridized carbons (Fsp3) is 0.833. The van der Waals surface area contributed by atoms with Gasteiger partial charge < -0.3 is 9.64 Å². The van der Waals surface area contributed by atoms with Crippen LogP contribution in [0.4, 0.5) is 4.79 Å². The third-order valence-electron chi connectivity index (χ3n) is 5.68. The van der Waals surface area contributed by atoms with Gasteiger partial charge in [-0.3, -0.25) is 9.69 Å². The molecule has 1 saturated heterocycles. The van der Waals surface area contributed by atoms with Crippen LogP contribution in [0, 0.1) is 5.41 Å². The fourth-order valence-corrected chi connectivity index (χ4v) is 3.93. The fourth-order valence-electron chi connectivity index (χ4n) is 3.45. The summed E-state index contributed by atoms with van der Waals surface area (Å²) in [5, 5.41) is 0. The van der Waals surface area contributed by atoms with E-state index in [1.807, 2.05) is 34.6 Å². The van der Waals surface area contributed by atoms with Crippen LogP contribution >= 0.6 is 22.6 Å². The highest BCUT2D eigenvalue weighted by atomic mass is 127. The number of hydrogen-bond acceptors (Lipinski definition) is 3. The van der Waals surface area contributed by atoms with Gasteiger partial charge in [-0.1, -0.05) is 26.0 Å². The van der Waals surface area contributed by atoms with Crippen LogP contribution in [0.1, 0.15) is 47.0 Å². The average Bonchev–Trinajstić information content (AvgIpc) is 2.54. The van der Waals surface area contributed by atoms with Crippen molar-refractivity contribution in [1.82, 2.24) is 9.80 Å². The Balaban J connectivity index is 2.83. The van der Waals surface area contributed by atoms with E-state index in [9.17, 15) is 4.79 Å². The van der Waals surface area contributed by atoms with Crippen LogP contribution < -0.4 is 0 Å². The van der Waals surface area contributed by atoms with Crippen molar-refractivity contribution in [1.29, 1.82) is 0 Å². The van der Waals surface area contributed by atoms with Crippen molar-refractivity contribution >= 4 is 26.5 Å². The van der Waals surface area contributed by atoms with Crippen LogP contribution in [0.15, 0.2) is 12.2 Å². The van der Waals surface area contributed by atoms with Gasteiger partial charge in [-0.05, 0) is 33.1 Å². The highest BCUT2D eigenvalue weighted by Gasteiger charge is 2.39. The predicted octanol–water partition coefficient (Wildman–Crippen LogP) is 4.34. The molecule has 1 rings (SSSR count). The molecule has 0 radical (unpaired) electrons. The number of ether oxygens (including phenoxy) is 1. The lowest BCUT2D eigenvalue weighted by Gasteiger charge is -2.45. The Hall–Kier alpha value is -0.140. The number of piperazine rings is 1. The number of carbonyl (C=O) groups is 1. The van der Waals surface area contributed by atoms with E-state index in [-0.39, 0.29) is 14.9 Å². The molecule has 1 amide bonds. The molecule has 4 nitrogen and oxygen atoms in total. The minimum atomic E-state index is -0.116. The van der Waals surface area contributed by atoms with Gasteiger partial charge in [0.2, 0.25) is 0 Å². The zero-order chi connectivity index (χ0) is 17.7. The van der Waals surface area contributed by atoms with E-state index in [0.717, 1.165) is 52.0 Å². The van der Waals surface area contributed by atoms with Crippen LogP contribution in [0.2, 0.25) is 0 Å². The summed E-state index contributed by atoms with van der Waals surface area (Å²) in [5.41, 5.74) is 1.19. The highest BCUT2D eigenvalue weighted by Crippen LogP contribution is 2.41. The lowest BCUT2D eigenvalue weighted by Crippen LogP contribution is -2.51. The van der Waals surface area contributed by atoms with Gasteiger partial charge in [0.25, 0.3) is 3.91 Å². The van der Waals surface area contributed by atoms with E-state index in [4.69, 9.17) is 4.74 Å². The topological polar surface area (TPSA) is 32.8 Å². The standard InChI is InChI=1S/C18H33IN2O2/c1-7-17(5,23-6)13-18(8-2,15(3)4)14-20-9-11-21(12-10-20)16(19)22/h3,7-14H2,1-2,4-6H3. The number of rotatable bonds is 8. The molecule has 5 heteroatoms. The highest BCUT2D eigenvalue weighted by molar-refractivity contribution is 14.1. The Morgan fingerprint density at radius 2 is 1.78 bits per heavy atom. The first-order chi connectivity index (χ1) is 10.7. The summed E-state index contributed by atoms with van der Waals surface area (Å²) in [6.07, 6.45) is 3.05. The molecule has 0 N–H and O–H groups in total. The SMILES string of the molecule is C=C(C)C(CC)(CN1CCN(C(=O)I)CC1)CC(C)(CC)OC. The molecule has 2 unspecified atom stereocenters. The monoisotopic (exact) mass is 436 g/mol. The third kappa shape index (κ3) is 5.43. The molecule has 134 valence electrons. The Bertz CT molecular complexity index is 415. The van der Waals surface area contributed by atoms with Gasteiger partial charge in [0.15, 0.2) is 0 Å². The van der Waals surface area contributed by atoms with E-state index in [0.29, 0.717) is 0 Å². The van der Waals surface area contributed by atoms with Gasteiger partial charge >= 0.3 is 0 Å². The largest absolute Gasteiger partial charge is 0.379 e. The Morgan fingerprint density at radius 3 is 2.13 bits per heavy atom. The number of methoxy groups -OCH3 is 1. The lowest BCUT2D eigenvalue weighted by atomic mass is 9.70. The minimum Gasteiger partial charge on any atom is -0.379 e. The number of nitrogens with zero attached hydrogens (tertiary/aromatic N) is 2. The summed E-state index contributed by atoms with van der Waals surface area (Å²) in [6.45, 7) is 17.7. The van der Waals surface area contributed by atoms with Crippen LogP contribution in [0.25, 0.3) is 0 Å². The summed E-state index contributed by atoms with van der Waals surface area (Å²) in [7, 11) is 1.81. The van der Waals surface area contributed by atoms with E-state index < -0.39 is 0 Å². The van der Waals surface area contributed by atoms with Crippen molar-refractivity contribution in [2.45, 2.75) is 52.6 Å². The van der Waals surface area contributed by atoms with Gasteiger partial charge in [0.1, 0.15) is 0 Å². The smallest absolute Gasteiger partial charge is 0.283 e. The number of amides is 1. The summed E-state index contributed by atoms with van der Waals surface area (Å²) in [6, 6.07) is 0. The van der Waals surface area contributed by atoms with Gasteiger partial charge in [-0.25, -0.2) is 0 Å². The predicted molar refractivity (Wildman–Crippen MR) is 105 cm³/mol. The molecule has 1 fully saturated rings. The van der Waals surface area contributed by atoms with Crippen LogP contribution in [-0.2, 0) is 4.74 Å². The molecule has 23 heavy (non-hydrogen) atoms. The normalized spacial score (nSPS) is 21.6. The van der Waals surface area contributed by atoms with Crippen molar-refractivity contribution in [2.75, 3.05) is 39.8 Å². The van der Waals surface area contributed by atoms with E-state index >= 15 is 0 Å². The first kappa shape index (κ1) is 20.9. The molecule has 1 heterocycles. The summed E-state index contributed by atoms with van der Waals surface area (Å²) < 4.78 is 5.97. The molecule has 1 aliphatic heterocycles. The number of hydrogen-bond donors (Lipinski definition) is 0. The van der Waals surface area contributed by atoms with E-state index in [1.54, 1.807) is 0 Å². The zero-order valence-electron chi connectivity index (χ0n) is 15.5. The Labute approximate surface area is 155 Å². The van der Waals surface area contributed by atoms with Crippen molar-refractivity contribution < 1.29 is 9.53 Å². The quantitative estimate of drug-likeness (QED) is 0.246. The summed E-state index contributed by atoms with van der Waals surface area (Å²) >= 11 is 1.88. The molecular formula is C18H33IN2O2. The second-order valence-corrected chi connectivity index (χ2v) is 8.04. The van der Waals surface area contributed by atoms with E-state index in [1.165, 1.54) is 5.57 Å². The zero-order valence-corrected chi connectivity index (χ0v) is 17.6. The minimum absolute atomic E-state index is 0.0667. The second kappa shape index (κ2) is 8.81. The maximum Gasteiger partial charge on any atom is 0.283 e. The summed E-state index contributed by atoms with van der Waals surface area (Å²) in [4.78, 5) is 15.9. The lowest BCUT2D eigenvalue weighted by molar-refractivity contribution is -0.0393. The second-order valence-electron chi connectivity index (χ2n) is 7.11. The van der Waals surface area contributed by atoms with Gasteiger partial charge in [0, 0.05) is 67.8 Å². The van der Waals surface area contributed by atoms with Gasteiger partial charge in [0.05, 0.1) is 5.60 Å². The van der Waals surface area contributed by atoms with E-state index in [2.05, 4.69) is 39.2 Å². The summed E-state index contributed by atoms with van der Waals surface area (Å²) in [5.74, 6) is 0.